The first-order valence-corrected chi connectivity index (χ1v) is 6.41. The van der Waals surface area contributed by atoms with Gasteiger partial charge in [-0.05, 0) is 36.6 Å². The first kappa shape index (κ1) is 12.1. The van der Waals surface area contributed by atoms with Gasteiger partial charge < -0.3 is 10.1 Å². The van der Waals surface area contributed by atoms with Crippen LogP contribution in [0.25, 0.3) is 0 Å². The SMILES string of the molecule is Fc1cccc(Oc2cc(CNC3CC3)ccn2)c1. The minimum Gasteiger partial charge on any atom is -0.439 e. The molecule has 3 rings (SSSR count). The van der Waals surface area contributed by atoms with Gasteiger partial charge in [0.1, 0.15) is 11.6 Å². The van der Waals surface area contributed by atoms with Gasteiger partial charge in [-0.15, -0.1) is 0 Å². The van der Waals surface area contributed by atoms with Crippen molar-refractivity contribution in [2.75, 3.05) is 0 Å². The normalized spacial score (nSPS) is 14.4. The fraction of sp³-hybridized carbons (Fsp3) is 0.267. The third-order valence-corrected chi connectivity index (χ3v) is 2.99. The van der Waals surface area contributed by atoms with Crippen molar-refractivity contribution in [3.63, 3.8) is 0 Å². The van der Waals surface area contributed by atoms with Crippen molar-refractivity contribution >= 4 is 0 Å². The summed E-state index contributed by atoms with van der Waals surface area (Å²) in [6.07, 6.45) is 4.23. The molecule has 1 heterocycles. The topological polar surface area (TPSA) is 34.1 Å². The smallest absolute Gasteiger partial charge is 0.219 e. The predicted molar refractivity (Wildman–Crippen MR) is 70.6 cm³/mol. The van der Waals surface area contributed by atoms with E-state index in [9.17, 15) is 4.39 Å². The van der Waals surface area contributed by atoms with E-state index in [2.05, 4.69) is 10.3 Å². The van der Waals surface area contributed by atoms with Gasteiger partial charge in [-0.1, -0.05) is 6.07 Å². The summed E-state index contributed by atoms with van der Waals surface area (Å²) in [7, 11) is 0. The van der Waals surface area contributed by atoms with Gasteiger partial charge in [0, 0.05) is 30.9 Å². The van der Waals surface area contributed by atoms with Gasteiger partial charge >= 0.3 is 0 Å². The number of pyridine rings is 1. The summed E-state index contributed by atoms with van der Waals surface area (Å²) in [5, 5.41) is 3.43. The third kappa shape index (κ3) is 3.51. The van der Waals surface area contributed by atoms with Crippen molar-refractivity contribution in [1.82, 2.24) is 10.3 Å². The number of nitrogens with one attached hydrogen (secondary N) is 1. The molecule has 3 nitrogen and oxygen atoms in total. The molecule has 19 heavy (non-hydrogen) atoms. The van der Waals surface area contributed by atoms with Crippen molar-refractivity contribution in [2.24, 2.45) is 0 Å². The molecule has 2 aromatic rings. The van der Waals surface area contributed by atoms with Gasteiger partial charge in [-0.25, -0.2) is 9.37 Å². The minimum atomic E-state index is -0.316. The van der Waals surface area contributed by atoms with Gasteiger partial charge in [0.05, 0.1) is 0 Å². The first-order chi connectivity index (χ1) is 9.29. The van der Waals surface area contributed by atoms with Crippen molar-refractivity contribution in [1.29, 1.82) is 0 Å². The highest BCUT2D eigenvalue weighted by molar-refractivity contribution is 5.29. The zero-order chi connectivity index (χ0) is 13.1. The Kier molecular flexibility index (Phi) is 3.42. The minimum absolute atomic E-state index is 0.316. The van der Waals surface area contributed by atoms with Gasteiger partial charge in [0.25, 0.3) is 0 Å². The fourth-order valence-electron chi connectivity index (χ4n) is 1.82. The number of halogens is 1. The molecular weight excluding hydrogens is 243 g/mol. The summed E-state index contributed by atoms with van der Waals surface area (Å²) in [5.74, 6) is 0.629. The number of rotatable bonds is 5. The van der Waals surface area contributed by atoms with E-state index in [4.69, 9.17) is 4.74 Å². The molecule has 1 N–H and O–H groups in total. The van der Waals surface area contributed by atoms with Crippen molar-refractivity contribution in [3.05, 3.63) is 54.0 Å². The lowest BCUT2D eigenvalue weighted by molar-refractivity contribution is 0.457. The van der Waals surface area contributed by atoms with Crippen LogP contribution in [0.5, 0.6) is 11.6 Å². The summed E-state index contributed by atoms with van der Waals surface area (Å²) in [4.78, 5) is 4.13. The molecule has 4 heteroatoms. The van der Waals surface area contributed by atoms with Crippen LogP contribution in [0.3, 0.4) is 0 Å². The second-order valence-electron chi connectivity index (χ2n) is 4.72. The van der Waals surface area contributed by atoms with Crippen LogP contribution in [0.4, 0.5) is 4.39 Å². The summed E-state index contributed by atoms with van der Waals surface area (Å²) in [6.45, 7) is 0.812. The average Bonchev–Trinajstić information content (AvgIpc) is 3.21. The lowest BCUT2D eigenvalue weighted by Gasteiger charge is -2.07. The zero-order valence-corrected chi connectivity index (χ0v) is 10.5. The molecule has 1 fully saturated rings. The van der Waals surface area contributed by atoms with Crippen LogP contribution in [0.15, 0.2) is 42.6 Å². The van der Waals surface area contributed by atoms with E-state index in [1.54, 1.807) is 18.3 Å². The maximum Gasteiger partial charge on any atom is 0.219 e. The molecule has 0 amide bonds. The Morgan fingerprint density at radius 3 is 2.95 bits per heavy atom. The van der Waals surface area contributed by atoms with Crippen LogP contribution in [-0.2, 0) is 6.54 Å². The lowest BCUT2D eigenvalue weighted by atomic mass is 10.2. The zero-order valence-electron chi connectivity index (χ0n) is 10.5. The van der Waals surface area contributed by atoms with Crippen LogP contribution in [0.2, 0.25) is 0 Å². The van der Waals surface area contributed by atoms with Gasteiger partial charge in [0.2, 0.25) is 5.88 Å². The molecule has 0 aliphatic heterocycles. The molecule has 0 atom stereocenters. The number of hydrogen-bond acceptors (Lipinski definition) is 3. The van der Waals surface area contributed by atoms with Crippen LogP contribution >= 0.6 is 0 Å². The standard InChI is InChI=1S/C15H15FN2O/c16-12-2-1-3-14(9-12)19-15-8-11(6-7-17-15)10-18-13-4-5-13/h1-3,6-9,13,18H,4-5,10H2. The molecule has 1 aromatic carbocycles. The summed E-state index contributed by atoms with van der Waals surface area (Å²) >= 11 is 0. The van der Waals surface area contributed by atoms with E-state index in [-0.39, 0.29) is 5.82 Å². The molecular formula is C15H15FN2O. The number of benzene rings is 1. The molecule has 98 valence electrons. The first-order valence-electron chi connectivity index (χ1n) is 6.41. The van der Waals surface area contributed by atoms with E-state index in [0.717, 1.165) is 12.1 Å². The molecule has 0 spiro atoms. The number of nitrogens with zero attached hydrogens (tertiary/aromatic N) is 1. The fourth-order valence-corrected chi connectivity index (χ4v) is 1.82. The van der Waals surface area contributed by atoms with Gasteiger partial charge in [-0.3, -0.25) is 0 Å². The van der Waals surface area contributed by atoms with Gasteiger partial charge in [-0.2, -0.15) is 0 Å². The number of ether oxygens (including phenoxy) is 1. The summed E-state index contributed by atoms with van der Waals surface area (Å²) in [5.41, 5.74) is 1.12. The Balaban J connectivity index is 1.67. The Bertz CT molecular complexity index is 570. The van der Waals surface area contributed by atoms with Crippen LogP contribution in [0.1, 0.15) is 18.4 Å². The summed E-state index contributed by atoms with van der Waals surface area (Å²) < 4.78 is 18.6. The maximum absolute atomic E-state index is 13.1. The molecule has 0 unspecified atom stereocenters. The molecule has 1 aliphatic carbocycles. The Hall–Kier alpha value is -1.94. The highest BCUT2D eigenvalue weighted by atomic mass is 19.1. The average molecular weight is 258 g/mol. The van der Waals surface area contributed by atoms with E-state index < -0.39 is 0 Å². The van der Waals surface area contributed by atoms with Crippen molar-refractivity contribution < 1.29 is 9.13 Å². The Morgan fingerprint density at radius 2 is 2.16 bits per heavy atom. The molecule has 1 aromatic heterocycles. The monoisotopic (exact) mass is 258 g/mol. The number of aromatic nitrogens is 1. The van der Waals surface area contributed by atoms with Crippen LogP contribution in [-0.4, -0.2) is 11.0 Å². The van der Waals surface area contributed by atoms with E-state index >= 15 is 0 Å². The quantitative estimate of drug-likeness (QED) is 0.893. The van der Waals surface area contributed by atoms with Crippen LogP contribution < -0.4 is 10.1 Å². The number of hydrogen-bond donors (Lipinski definition) is 1. The van der Waals surface area contributed by atoms with E-state index in [1.165, 1.54) is 25.0 Å². The molecule has 0 saturated heterocycles. The van der Waals surface area contributed by atoms with Crippen molar-refractivity contribution in [2.45, 2.75) is 25.4 Å². The second-order valence-corrected chi connectivity index (χ2v) is 4.72. The predicted octanol–water partition coefficient (Wildman–Crippen LogP) is 3.27. The second kappa shape index (κ2) is 5.36. The van der Waals surface area contributed by atoms with Crippen molar-refractivity contribution in [3.8, 4) is 11.6 Å². The van der Waals surface area contributed by atoms with Gasteiger partial charge in [0.15, 0.2) is 0 Å². The highest BCUT2D eigenvalue weighted by Crippen LogP contribution is 2.22. The summed E-state index contributed by atoms with van der Waals surface area (Å²) in [6, 6.07) is 10.5. The highest BCUT2D eigenvalue weighted by Gasteiger charge is 2.19. The molecule has 0 bridgehead atoms. The molecule has 1 aliphatic rings. The maximum atomic E-state index is 13.1. The van der Waals surface area contributed by atoms with E-state index in [0.29, 0.717) is 17.7 Å². The third-order valence-electron chi connectivity index (χ3n) is 2.99. The Morgan fingerprint density at radius 1 is 1.26 bits per heavy atom. The Labute approximate surface area is 111 Å². The van der Waals surface area contributed by atoms with E-state index in [1.807, 2.05) is 12.1 Å². The molecule has 1 saturated carbocycles. The van der Waals surface area contributed by atoms with Crippen LogP contribution in [0, 0.1) is 5.82 Å². The lowest BCUT2D eigenvalue weighted by Crippen LogP contribution is -2.15. The molecule has 0 radical (unpaired) electrons. The largest absolute Gasteiger partial charge is 0.439 e.